The molecular formula is C21H25N2O5+. The molecule has 1 atom stereocenters. The Morgan fingerprint density at radius 1 is 1.25 bits per heavy atom. The quantitative estimate of drug-likeness (QED) is 0.443. The minimum atomic E-state index is -0.765. The van der Waals surface area contributed by atoms with Crippen molar-refractivity contribution in [1.29, 1.82) is 0 Å². The number of carbonyl (C=O) groups is 2. The van der Waals surface area contributed by atoms with Crippen LogP contribution in [0, 0.1) is 6.92 Å². The summed E-state index contributed by atoms with van der Waals surface area (Å²) in [7, 11) is 5.46. The number of likely N-dealkylation sites (tertiary alicyclic amines) is 1. The van der Waals surface area contributed by atoms with E-state index in [1.165, 1.54) is 12.0 Å². The first-order valence-electron chi connectivity index (χ1n) is 9.11. The number of nitrogens with one attached hydrogen (secondary N) is 1. The summed E-state index contributed by atoms with van der Waals surface area (Å²) in [4.78, 5) is 28.2. The molecule has 1 amide bonds. The van der Waals surface area contributed by atoms with E-state index in [-0.39, 0.29) is 11.3 Å². The number of amides is 1. The largest absolute Gasteiger partial charge is 0.507 e. The Kier molecular flexibility index (Phi) is 5.56. The third-order valence-electron chi connectivity index (χ3n) is 4.77. The smallest absolute Gasteiger partial charge is 0.295 e. The number of methoxy groups -OCH3 is 1. The van der Waals surface area contributed by atoms with Crippen molar-refractivity contribution in [1.82, 2.24) is 4.90 Å². The summed E-state index contributed by atoms with van der Waals surface area (Å²) in [5.41, 5.74) is 0.435. The fourth-order valence-electron chi connectivity index (χ4n) is 3.28. The molecule has 0 aliphatic carbocycles. The van der Waals surface area contributed by atoms with Crippen molar-refractivity contribution in [2.24, 2.45) is 0 Å². The Bertz CT molecular complexity index is 928. The summed E-state index contributed by atoms with van der Waals surface area (Å²) in [5, 5.41) is 10.9. The van der Waals surface area contributed by atoms with Crippen molar-refractivity contribution >= 4 is 17.4 Å². The number of likely N-dealkylation sites (N-methyl/N-ethyl adjacent to an activating group) is 1. The number of furan rings is 1. The van der Waals surface area contributed by atoms with E-state index in [0.29, 0.717) is 35.9 Å². The number of Topliss-reactive ketones (excluding diaryl/α,β-unsaturated/α-hetero) is 1. The fourth-order valence-corrected chi connectivity index (χ4v) is 3.28. The van der Waals surface area contributed by atoms with Crippen molar-refractivity contribution in [2.45, 2.75) is 13.0 Å². The van der Waals surface area contributed by atoms with Crippen molar-refractivity contribution in [3.05, 3.63) is 59.1 Å². The highest BCUT2D eigenvalue weighted by atomic mass is 16.5. The molecule has 0 saturated carbocycles. The van der Waals surface area contributed by atoms with Gasteiger partial charge in [0.1, 0.15) is 29.1 Å². The molecule has 1 aromatic carbocycles. The standard InChI is InChI=1S/C21H24N2O5/c1-13-8-9-16(28-13)18-17(19(24)14-6-5-7-15(12-14)27-4)20(25)21(26)23(18)11-10-22(2)3/h5-9,12,18,24H,10-11H2,1-4H3/p+1. The van der Waals surface area contributed by atoms with E-state index in [9.17, 15) is 14.7 Å². The molecule has 1 saturated heterocycles. The molecule has 0 bridgehead atoms. The topological polar surface area (TPSA) is 84.4 Å². The van der Waals surface area contributed by atoms with E-state index in [4.69, 9.17) is 9.15 Å². The number of rotatable bonds is 6. The molecule has 1 fully saturated rings. The van der Waals surface area contributed by atoms with E-state index in [1.54, 1.807) is 43.3 Å². The van der Waals surface area contributed by atoms with Crippen molar-refractivity contribution in [2.75, 3.05) is 34.3 Å². The van der Waals surface area contributed by atoms with Gasteiger partial charge in [-0.3, -0.25) is 9.59 Å². The number of hydrogen-bond acceptors (Lipinski definition) is 5. The predicted molar refractivity (Wildman–Crippen MR) is 103 cm³/mol. The van der Waals surface area contributed by atoms with Crippen LogP contribution in [0.15, 0.2) is 46.4 Å². The number of ketones is 1. The lowest BCUT2D eigenvalue weighted by Gasteiger charge is -2.23. The number of carbonyl (C=O) groups excluding carboxylic acids is 2. The molecule has 1 aromatic heterocycles. The highest BCUT2D eigenvalue weighted by Gasteiger charge is 2.47. The number of benzene rings is 1. The maximum Gasteiger partial charge on any atom is 0.295 e. The molecule has 28 heavy (non-hydrogen) atoms. The van der Waals surface area contributed by atoms with Crippen LogP contribution in [0.25, 0.3) is 5.76 Å². The average Bonchev–Trinajstić information content (AvgIpc) is 3.21. The molecular weight excluding hydrogens is 360 g/mol. The van der Waals surface area contributed by atoms with Crippen LogP contribution in [-0.4, -0.2) is 56.0 Å². The van der Waals surface area contributed by atoms with Gasteiger partial charge in [0, 0.05) is 5.56 Å². The van der Waals surface area contributed by atoms with Gasteiger partial charge in [0.05, 0.1) is 39.9 Å². The van der Waals surface area contributed by atoms with Crippen LogP contribution in [0.2, 0.25) is 0 Å². The number of quaternary nitrogens is 1. The first kappa shape index (κ1) is 19.7. The average molecular weight is 385 g/mol. The Morgan fingerprint density at radius 2 is 2.00 bits per heavy atom. The Balaban J connectivity index is 2.13. The van der Waals surface area contributed by atoms with Gasteiger partial charge in [-0.2, -0.15) is 0 Å². The molecule has 0 spiro atoms. The van der Waals surface area contributed by atoms with Crippen LogP contribution in [-0.2, 0) is 9.59 Å². The second-order valence-corrected chi connectivity index (χ2v) is 7.13. The van der Waals surface area contributed by atoms with E-state index in [1.807, 2.05) is 14.1 Å². The van der Waals surface area contributed by atoms with Gasteiger partial charge in [-0.15, -0.1) is 0 Å². The van der Waals surface area contributed by atoms with E-state index in [2.05, 4.69) is 0 Å². The van der Waals surface area contributed by atoms with E-state index < -0.39 is 17.7 Å². The summed E-state index contributed by atoms with van der Waals surface area (Å²) in [6, 6.07) is 9.49. The molecule has 7 heteroatoms. The van der Waals surface area contributed by atoms with Crippen molar-refractivity contribution in [3.63, 3.8) is 0 Å². The third kappa shape index (κ3) is 3.66. The van der Waals surface area contributed by atoms with Gasteiger partial charge < -0.3 is 24.1 Å². The van der Waals surface area contributed by atoms with Gasteiger partial charge in [0.15, 0.2) is 0 Å². The van der Waals surface area contributed by atoms with Gasteiger partial charge >= 0.3 is 0 Å². The van der Waals surface area contributed by atoms with Crippen molar-refractivity contribution < 1.29 is 28.7 Å². The second kappa shape index (κ2) is 7.90. The number of aliphatic hydroxyl groups is 1. The van der Waals surface area contributed by atoms with Crippen LogP contribution in [0.4, 0.5) is 0 Å². The lowest BCUT2D eigenvalue weighted by Crippen LogP contribution is -3.06. The molecule has 148 valence electrons. The van der Waals surface area contributed by atoms with E-state index >= 15 is 0 Å². The maximum atomic E-state index is 12.8. The summed E-state index contributed by atoms with van der Waals surface area (Å²) < 4.78 is 10.9. The van der Waals surface area contributed by atoms with Gasteiger partial charge in [-0.05, 0) is 31.2 Å². The SMILES string of the molecule is COc1cccc(C(O)=C2C(=O)C(=O)N(CC[NH+](C)C)C2c2ccc(C)o2)c1. The van der Waals surface area contributed by atoms with Gasteiger partial charge in [0.25, 0.3) is 11.7 Å². The van der Waals surface area contributed by atoms with Gasteiger partial charge in [0.2, 0.25) is 0 Å². The number of hydrogen-bond donors (Lipinski definition) is 2. The Labute approximate surface area is 163 Å². The number of aryl methyl sites for hydroxylation is 1. The molecule has 1 aliphatic heterocycles. The predicted octanol–water partition coefficient (Wildman–Crippen LogP) is 1.16. The van der Waals surface area contributed by atoms with Crippen LogP contribution in [0.1, 0.15) is 23.1 Å². The lowest BCUT2D eigenvalue weighted by molar-refractivity contribution is -0.857. The Hall–Kier alpha value is -3.06. The van der Waals surface area contributed by atoms with Crippen molar-refractivity contribution in [3.8, 4) is 5.75 Å². The summed E-state index contributed by atoms with van der Waals surface area (Å²) in [6.45, 7) is 2.82. The zero-order valence-electron chi connectivity index (χ0n) is 16.5. The minimum absolute atomic E-state index is 0.0290. The molecule has 2 N–H and O–H groups in total. The first-order valence-corrected chi connectivity index (χ1v) is 9.11. The van der Waals surface area contributed by atoms with Gasteiger partial charge in [-0.1, -0.05) is 12.1 Å². The summed E-state index contributed by atoms with van der Waals surface area (Å²) in [6.07, 6.45) is 0. The van der Waals surface area contributed by atoms with Crippen LogP contribution < -0.4 is 9.64 Å². The zero-order chi connectivity index (χ0) is 20.4. The molecule has 2 heterocycles. The lowest BCUT2D eigenvalue weighted by atomic mass is 9.99. The zero-order valence-corrected chi connectivity index (χ0v) is 16.5. The van der Waals surface area contributed by atoms with Gasteiger partial charge in [-0.25, -0.2) is 0 Å². The highest BCUT2D eigenvalue weighted by Crippen LogP contribution is 2.40. The first-order chi connectivity index (χ1) is 13.3. The maximum absolute atomic E-state index is 12.8. The highest BCUT2D eigenvalue weighted by molar-refractivity contribution is 6.46. The fraction of sp³-hybridized carbons (Fsp3) is 0.333. The van der Waals surface area contributed by atoms with Crippen LogP contribution in [0.3, 0.4) is 0 Å². The molecule has 1 aliphatic rings. The Morgan fingerprint density at radius 3 is 2.61 bits per heavy atom. The van der Waals surface area contributed by atoms with Crippen LogP contribution >= 0.6 is 0 Å². The molecule has 1 unspecified atom stereocenters. The summed E-state index contributed by atoms with van der Waals surface area (Å²) in [5.74, 6) is 0.0730. The molecule has 2 aromatic rings. The van der Waals surface area contributed by atoms with Crippen LogP contribution in [0.5, 0.6) is 5.75 Å². The third-order valence-corrected chi connectivity index (χ3v) is 4.77. The molecule has 3 rings (SSSR count). The minimum Gasteiger partial charge on any atom is -0.507 e. The normalized spacial score (nSPS) is 18.9. The second-order valence-electron chi connectivity index (χ2n) is 7.13. The number of aliphatic hydroxyl groups excluding tert-OH is 1. The van der Waals surface area contributed by atoms with E-state index in [0.717, 1.165) is 4.90 Å². The number of nitrogens with zero attached hydrogens (tertiary/aromatic N) is 1. The molecule has 0 radical (unpaired) electrons. The number of ether oxygens (including phenoxy) is 1. The monoisotopic (exact) mass is 385 g/mol. The summed E-state index contributed by atoms with van der Waals surface area (Å²) >= 11 is 0. The molecule has 7 nitrogen and oxygen atoms in total.